The molecule has 0 saturated carbocycles. The molecule has 156 valence electrons. The van der Waals surface area contributed by atoms with Crippen molar-refractivity contribution in [1.82, 2.24) is 0 Å². The second-order valence-corrected chi connectivity index (χ2v) is 8.34. The van der Waals surface area contributed by atoms with Crippen LogP contribution in [0.2, 0.25) is 0 Å². The summed E-state index contributed by atoms with van der Waals surface area (Å²) in [5.41, 5.74) is 4.81. The van der Waals surface area contributed by atoms with Crippen molar-refractivity contribution in [1.29, 1.82) is 0 Å². The molecule has 4 nitrogen and oxygen atoms in total. The number of thioether (sulfide) groups is 1. The Morgan fingerprint density at radius 2 is 1.65 bits per heavy atom. The second-order valence-electron chi connectivity index (χ2n) is 7.34. The van der Waals surface area contributed by atoms with Gasteiger partial charge in [0.05, 0.1) is 10.6 Å². The molecule has 0 N–H and O–H groups in total. The van der Waals surface area contributed by atoms with E-state index in [2.05, 4.69) is 31.2 Å². The molecule has 0 radical (unpaired) electrons. The molecule has 1 aliphatic heterocycles. The molecule has 0 aliphatic carbocycles. The highest BCUT2D eigenvalue weighted by molar-refractivity contribution is 8.19. The van der Waals surface area contributed by atoms with E-state index in [1.165, 1.54) is 10.5 Å². The smallest absolute Gasteiger partial charge is 0.298 e. The van der Waals surface area contributed by atoms with Crippen molar-refractivity contribution in [2.45, 2.75) is 26.9 Å². The number of hydrogen-bond acceptors (Lipinski definition) is 4. The van der Waals surface area contributed by atoms with Crippen molar-refractivity contribution >= 4 is 34.7 Å². The normalized spacial score (nSPS) is 15.0. The topological polar surface area (TPSA) is 46.6 Å². The minimum absolute atomic E-state index is 0.268. The first kappa shape index (κ1) is 20.9. The molecule has 0 atom stereocenters. The lowest BCUT2D eigenvalue weighted by Crippen LogP contribution is -2.28. The SMILES string of the molecule is CCc1ccccc1N1C(=O)S/C(=C\c2ccc(OCc3ccc(C)cc3)cc2)C1=O. The van der Waals surface area contributed by atoms with Crippen molar-refractivity contribution in [2.75, 3.05) is 4.90 Å². The zero-order valence-corrected chi connectivity index (χ0v) is 18.3. The Morgan fingerprint density at radius 1 is 0.935 bits per heavy atom. The minimum Gasteiger partial charge on any atom is -0.489 e. The number of para-hydroxylation sites is 1. The summed E-state index contributed by atoms with van der Waals surface area (Å²) in [7, 11) is 0. The van der Waals surface area contributed by atoms with Gasteiger partial charge in [0.1, 0.15) is 12.4 Å². The Bertz CT molecular complexity index is 1130. The molecule has 5 heteroatoms. The molecule has 0 unspecified atom stereocenters. The lowest BCUT2D eigenvalue weighted by molar-refractivity contribution is -0.113. The van der Waals surface area contributed by atoms with Gasteiger partial charge >= 0.3 is 0 Å². The van der Waals surface area contributed by atoms with Crippen LogP contribution in [0.1, 0.15) is 29.2 Å². The van der Waals surface area contributed by atoms with Crippen LogP contribution in [0.15, 0.2) is 77.7 Å². The molecule has 31 heavy (non-hydrogen) atoms. The number of benzene rings is 3. The number of carbonyl (C=O) groups excluding carboxylic acids is 2. The van der Waals surface area contributed by atoms with E-state index in [-0.39, 0.29) is 11.1 Å². The molecule has 4 rings (SSSR count). The summed E-state index contributed by atoms with van der Waals surface area (Å²) in [6.07, 6.45) is 2.50. The van der Waals surface area contributed by atoms with Gasteiger partial charge in [0, 0.05) is 0 Å². The van der Waals surface area contributed by atoms with E-state index in [0.29, 0.717) is 17.2 Å². The molecule has 0 bridgehead atoms. The molecule has 0 aromatic heterocycles. The largest absolute Gasteiger partial charge is 0.489 e. The van der Waals surface area contributed by atoms with Gasteiger partial charge in [-0.25, -0.2) is 4.90 Å². The van der Waals surface area contributed by atoms with Gasteiger partial charge in [-0.05, 0) is 66.1 Å². The molecule has 1 heterocycles. The highest BCUT2D eigenvalue weighted by Gasteiger charge is 2.37. The fourth-order valence-corrected chi connectivity index (χ4v) is 4.20. The van der Waals surface area contributed by atoms with Crippen LogP contribution in [0.3, 0.4) is 0 Å². The van der Waals surface area contributed by atoms with Crippen LogP contribution in [-0.2, 0) is 17.8 Å². The number of rotatable bonds is 6. The third-order valence-corrected chi connectivity index (χ3v) is 5.98. The number of imide groups is 1. The Balaban J connectivity index is 1.46. The van der Waals surface area contributed by atoms with E-state index in [0.717, 1.165) is 40.6 Å². The number of hydrogen-bond donors (Lipinski definition) is 0. The zero-order chi connectivity index (χ0) is 21.8. The van der Waals surface area contributed by atoms with Crippen LogP contribution in [-0.4, -0.2) is 11.1 Å². The summed E-state index contributed by atoms with van der Waals surface area (Å²) in [4.78, 5) is 27.2. The Hall–Kier alpha value is -3.31. The first-order valence-electron chi connectivity index (χ1n) is 10.2. The highest BCUT2D eigenvalue weighted by Crippen LogP contribution is 2.37. The quantitative estimate of drug-likeness (QED) is 0.427. The number of anilines is 1. The monoisotopic (exact) mass is 429 g/mol. The molecule has 0 spiro atoms. The average molecular weight is 430 g/mol. The highest BCUT2D eigenvalue weighted by atomic mass is 32.2. The van der Waals surface area contributed by atoms with E-state index in [1.807, 2.05) is 55.5 Å². The Kier molecular flexibility index (Phi) is 6.23. The van der Waals surface area contributed by atoms with Crippen LogP contribution in [0, 0.1) is 6.92 Å². The van der Waals surface area contributed by atoms with Crippen molar-refractivity contribution in [3.8, 4) is 5.75 Å². The van der Waals surface area contributed by atoms with E-state index in [4.69, 9.17) is 4.74 Å². The third-order valence-electron chi connectivity index (χ3n) is 5.11. The van der Waals surface area contributed by atoms with E-state index >= 15 is 0 Å². The van der Waals surface area contributed by atoms with Crippen molar-refractivity contribution in [3.05, 3.63) is 100.0 Å². The van der Waals surface area contributed by atoms with E-state index < -0.39 is 0 Å². The molecule has 3 aromatic rings. The van der Waals surface area contributed by atoms with Gasteiger partial charge in [-0.3, -0.25) is 9.59 Å². The van der Waals surface area contributed by atoms with Crippen LogP contribution < -0.4 is 9.64 Å². The molecule has 3 aromatic carbocycles. The van der Waals surface area contributed by atoms with Gasteiger partial charge < -0.3 is 4.74 Å². The number of nitrogens with zero attached hydrogens (tertiary/aromatic N) is 1. The van der Waals surface area contributed by atoms with Gasteiger partial charge in [-0.2, -0.15) is 0 Å². The number of aryl methyl sites for hydroxylation is 2. The van der Waals surface area contributed by atoms with Gasteiger partial charge in [-0.15, -0.1) is 0 Å². The van der Waals surface area contributed by atoms with Gasteiger partial charge in [0.15, 0.2) is 0 Å². The minimum atomic E-state index is -0.282. The van der Waals surface area contributed by atoms with Crippen LogP contribution >= 0.6 is 11.8 Å². The van der Waals surface area contributed by atoms with Crippen molar-refractivity contribution in [3.63, 3.8) is 0 Å². The predicted octanol–water partition coefficient (Wildman–Crippen LogP) is 6.38. The van der Waals surface area contributed by atoms with E-state index in [1.54, 1.807) is 6.08 Å². The fourth-order valence-electron chi connectivity index (χ4n) is 3.37. The average Bonchev–Trinajstić information content (AvgIpc) is 3.07. The number of ether oxygens (including phenoxy) is 1. The summed E-state index contributed by atoms with van der Waals surface area (Å²) in [5, 5.41) is -0.268. The van der Waals surface area contributed by atoms with Gasteiger partial charge in [0.25, 0.3) is 11.1 Å². The Morgan fingerprint density at radius 3 is 2.35 bits per heavy atom. The lowest BCUT2D eigenvalue weighted by atomic mass is 10.1. The Labute approximate surface area is 186 Å². The van der Waals surface area contributed by atoms with E-state index in [9.17, 15) is 9.59 Å². The first-order chi connectivity index (χ1) is 15.0. The number of amides is 2. The van der Waals surface area contributed by atoms with Crippen LogP contribution in [0.25, 0.3) is 6.08 Å². The zero-order valence-electron chi connectivity index (χ0n) is 17.5. The maximum atomic E-state index is 12.9. The van der Waals surface area contributed by atoms with Crippen LogP contribution in [0.5, 0.6) is 5.75 Å². The maximum Gasteiger partial charge on any atom is 0.298 e. The molecule has 1 fully saturated rings. The molecule has 1 saturated heterocycles. The standard InChI is InChI=1S/C26H23NO3S/c1-3-21-6-4-5-7-23(21)27-25(28)24(31-26(27)29)16-19-12-14-22(15-13-19)30-17-20-10-8-18(2)9-11-20/h4-16H,3,17H2,1-2H3/b24-16-. The fraction of sp³-hybridized carbons (Fsp3) is 0.154. The first-order valence-corrected chi connectivity index (χ1v) is 11.0. The van der Waals surface area contributed by atoms with Gasteiger partial charge in [0.2, 0.25) is 0 Å². The molecule has 2 amide bonds. The predicted molar refractivity (Wildman–Crippen MR) is 126 cm³/mol. The lowest BCUT2D eigenvalue weighted by Gasteiger charge is -2.16. The summed E-state index contributed by atoms with van der Waals surface area (Å²) in [6.45, 7) is 4.56. The summed E-state index contributed by atoms with van der Waals surface area (Å²) in [6, 6.07) is 23.3. The van der Waals surface area contributed by atoms with Crippen molar-refractivity contribution < 1.29 is 14.3 Å². The van der Waals surface area contributed by atoms with Crippen LogP contribution in [0.4, 0.5) is 10.5 Å². The maximum absolute atomic E-state index is 12.9. The third kappa shape index (κ3) is 4.72. The molecular weight excluding hydrogens is 406 g/mol. The summed E-state index contributed by atoms with van der Waals surface area (Å²) < 4.78 is 5.84. The molecular formula is C26H23NO3S. The molecule has 1 aliphatic rings. The number of carbonyl (C=O) groups is 2. The summed E-state index contributed by atoms with van der Waals surface area (Å²) in [5.74, 6) is 0.471. The van der Waals surface area contributed by atoms with Gasteiger partial charge in [-0.1, -0.05) is 67.1 Å². The second kappa shape index (κ2) is 9.23. The van der Waals surface area contributed by atoms with Crippen molar-refractivity contribution in [2.24, 2.45) is 0 Å². The summed E-state index contributed by atoms with van der Waals surface area (Å²) >= 11 is 0.971.